The van der Waals surface area contributed by atoms with Crippen LogP contribution < -0.4 is 21.3 Å². The van der Waals surface area contributed by atoms with Crippen molar-refractivity contribution in [2.24, 2.45) is 0 Å². The van der Waals surface area contributed by atoms with Crippen LogP contribution in [0.5, 0.6) is 0 Å². The van der Waals surface area contributed by atoms with Gasteiger partial charge in [-0.1, -0.05) is 32.6 Å². The van der Waals surface area contributed by atoms with Crippen molar-refractivity contribution in [2.45, 2.75) is 113 Å². The number of aromatic nitrogens is 1. The molecule has 2 fully saturated rings. The predicted molar refractivity (Wildman–Crippen MR) is 171 cm³/mol. The summed E-state index contributed by atoms with van der Waals surface area (Å²) >= 11 is 1.80. The molecule has 4 N–H and O–H groups in total. The van der Waals surface area contributed by atoms with Crippen LogP contribution in [0.4, 0.5) is 4.79 Å². The summed E-state index contributed by atoms with van der Waals surface area (Å²) in [5, 5.41) is 15.4. The first-order valence-electron chi connectivity index (χ1n) is 15.9. The summed E-state index contributed by atoms with van der Waals surface area (Å²) < 4.78 is 15.6. The van der Waals surface area contributed by atoms with E-state index in [1.807, 2.05) is 6.92 Å². The zero-order valence-corrected chi connectivity index (χ0v) is 29.0. The van der Waals surface area contributed by atoms with Crippen molar-refractivity contribution in [3.8, 4) is 0 Å². The maximum atomic E-state index is 11.8. The van der Waals surface area contributed by atoms with Crippen LogP contribution in [-0.4, -0.2) is 80.6 Å². The first-order chi connectivity index (χ1) is 21.1. The second-order valence-corrected chi connectivity index (χ2v) is 14.4. The van der Waals surface area contributed by atoms with E-state index in [9.17, 15) is 4.79 Å². The fourth-order valence-electron chi connectivity index (χ4n) is 5.99. The van der Waals surface area contributed by atoms with Gasteiger partial charge in [0.05, 0.1) is 24.6 Å². The molecule has 1 aromatic heterocycles. The van der Waals surface area contributed by atoms with Crippen LogP contribution in [0.2, 0.25) is 0 Å². The Bertz CT molecular complexity index is 864. The van der Waals surface area contributed by atoms with Crippen LogP contribution >= 0.6 is 32.0 Å². The Balaban J connectivity index is 0.00000162. The molecule has 2 heterocycles. The molecule has 0 unspecified atom stereocenters. The third kappa shape index (κ3) is 15.2. The van der Waals surface area contributed by atoms with Gasteiger partial charge in [-0.25, -0.2) is 4.79 Å². The molecule has 0 aromatic carbocycles. The van der Waals surface area contributed by atoms with Crippen LogP contribution in [0.1, 0.15) is 82.5 Å². The van der Waals surface area contributed by atoms with Gasteiger partial charge in [-0.2, -0.15) is 0 Å². The normalized spacial score (nSPS) is 24.6. The topological polar surface area (TPSA) is 106 Å². The van der Waals surface area contributed by atoms with Gasteiger partial charge in [-0.05, 0) is 50.7 Å². The number of carbonyl (C=O) groups is 1. The Morgan fingerprint density at radius 3 is 1.88 bits per heavy atom. The maximum absolute atomic E-state index is 11.8. The Kier molecular flexibility index (Phi) is 19.9. The Morgan fingerprint density at radius 2 is 1.35 bits per heavy atom. The van der Waals surface area contributed by atoms with Crippen molar-refractivity contribution >= 4 is 38.1 Å². The molecule has 2 aliphatic carbocycles. The quantitative estimate of drug-likeness (QED) is 0.108. The molecule has 0 spiro atoms. The first kappa shape index (κ1) is 37.1. The second kappa shape index (κ2) is 23.1. The van der Waals surface area contributed by atoms with E-state index in [0.717, 1.165) is 56.2 Å². The molecule has 2 bridgehead atoms. The molecule has 9 nitrogen and oxygen atoms in total. The summed E-state index contributed by atoms with van der Waals surface area (Å²) in [6.07, 6.45) is 11.2. The number of ether oxygens (including phenoxy) is 3. The van der Waals surface area contributed by atoms with Crippen molar-refractivity contribution in [1.82, 2.24) is 26.3 Å². The average Bonchev–Trinajstić information content (AvgIpc) is 3.02. The third-order valence-corrected chi connectivity index (χ3v) is 9.10. The predicted octanol–water partition coefficient (Wildman–Crippen LogP) is 5.51. The SMILES string of the molecule is CCCOCCOC(=O)OCCCSc1cc2nc(c1)CN[C@@H]1CCCC[C@H]1NCCN[C@@H]1CCCC[C@H]1NC2.[Cl][Mn][Cl]. The summed E-state index contributed by atoms with van der Waals surface area (Å²) in [6.45, 7) is 7.32. The Labute approximate surface area is 277 Å². The molecular weight excluding hydrogens is 652 g/mol. The molecule has 13 heteroatoms. The number of thioether (sulfide) groups is 1. The first-order valence-corrected chi connectivity index (χ1v) is 20.2. The summed E-state index contributed by atoms with van der Waals surface area (Å²) in [5.74, 6) is 0.861. The third-order valence-electron chi connectivity index (χ3n) is 8.04. The second-order valence-electron chi connectivity index (χ2n) is 11.3. The number of halogens is 2. The van der Waals surface area contributed by atoms with Crippen molar-refractivity contribution in [3.05, 3.63) is 23.5 Å². The van der Waals surface area contributed by atoms with E-state index in [4.69, 9.17) is 39.4 Å². The van der Waals surface area contributed by atoms with Crippen LogP contribution in [0.3, 0.4) is 0 Å². The van der Waals surface area contributed by atoms with Gasteiger partial charge >= 0.3 is 39.5 Å². The van der Waals surface area contributed by atoms with Crippen LogP contribution in [0, 0.1) is 0 Å². The number of carbonyl (C=O) groups excluding carboxylic acids is 1. The molecule has 4 atom stereocenters. The molecule has 1 aliphatic heterocycles. The fraction of sp³-hybridized carbons (Fsp3) is 0.800. The standard InChI is InChI=1S/C30H51N5O4S.2ClH.Mn/c1-2-14-37-16-17-39-30(36)38-15-7-18-40-25-19-23-21-33-28-10-5-3-8-26(28)31-12-13-32-27-9-4-6-11-29(27)34-22-24(20-25)35-23;;;/h19-20,26-29,31-34H,2-18,21-22H2,1H3;2*1H;/q;;;+2/p-2/t26-,27-,28-,29-;;;/m1.../s1. The number of fused-ring (bicyclic) bond motifs is 4. The number of hydrogen-bond acceptors (Lipinski definition) is 10. The minimum absolute atomic E-state index is 0.00694. The molecule has 2 saturated carbocycles. The van der Waals surface area contributed by atoms with Gasteiger partial charge in [0, 0.05) is 67.6 Å². The van der Waals surface area contributed by atoms with Crippen molar-refractivity contribution in [1.29, 1.82) is 0 Å². The van der Waals surface area contributed by atoms with Crippen molar-refractivity contribution < 1.29 is 32.1 Å². The summed E-state index contributed by atoms with van der Waals surface area (Å²) in [5.41, 5.74) is 2.20. The molecule has 4 rings (SSSR count). The van der Waals surface area contributed by atoms with Gasteiger partial charge in [0.1, 0.15) is 6.61 Å². The zero-order chi connectivity index (χ0) is 30.5. The molecule has 1 aromatic rings. The Hall–Kier alpha value is -0.331. The van der Waals surface area contributed by atoms with Crippen LogP contribution in [-0.2, 0) is 40.4 Å². The molecule has 3 aliphatic rings. The van der Waals surface area contributed by atoms with E-state index in [1.54, 1.807) is 11.8 Å². The minimum atomic E-state index is -0.620. The molecular formula is C30H51Cl2MnN5O4S. The van der Waals surface area contributed by atoms with E-state index in [0.29, 0.717) is 44.0 Å². The molecule has 0 radical (unpaired) electrons. The number of pyridine rings is 1. The molecule has 43 heavy (non-hydrogen) atoms. The summed E-state index contributed by atoms with van der Waals surface area (Å²) in [6, 6.07) is 6.45. The number of nitrogens with zero attached hydrogens (tertiary/aromatic N) is 1. The van der Waals surface area contributed by atoms with Gasteiger partial charge in [0.25, 0.3) is 0 Å². The van der Waals surface area contributed by atoms with E-state index < -0.39 is 6.16 Å². The van der Waals surface area contributed by atoms with Crippen LogP contribution in [0.25, 0.3) is 0 Å². The van der Waals surface area contributed by atoms with Gasteiger partial charge < -0.3 is 35.5 Å². The zero-order valence-electron chi connectivity index (χ0n) is 25.5. The fourth-order valence-corrected chi connectivity index (χ4v) is 6.92. The molecule has 0 amide bonds. The van der Waals surface area contributed by atoms with E-state index in [2.05, 4.69) is 33.4 Å². The van der Waals surface area contributed by atoms with Crippen molar-refractivity contribution in [3.63, 3.8) is 0 Å². The monoisotopic (exact) mass is 702 g/mol. The van der Waals surface area contributed by atoms with Crippen LogP contribution in [0.15, 0.2) is 17.0 Å². The van der Waals surface area contributed by atoms with Gasteiger partial charge in [0.15, 0.2) is 0 Å². The van der Waals surface area contributed by atoms with Gasteiger partial charge in [-0.15, -0.1) is 11.8 Å². The van der Waals surface area contributed by atoms with Gasteiger partial charge in [0.2, 0.25) is 0 Å². The number of rotatable bonds is 10. The van der Waals surface area contributed by atoms with E-state index >= 15 is 0 Å². The number of hydrogen-bond donors (Lipinski definition) is 4. The van der Waals surface area contributed by atoms with Gasteiger partial charge in [-0.3, -0.25) is 4.98 Å². The molecule has 0 saturated heterocycles. The molecule has 247 valence electrons. The summed E-state index contributed by atoms with van der Waals surface area (Å²) in [7, 11) is 9.59. The number of nitrogens with one attached hydrogen (secondary N) is 4. The van der Waals surface area contributed by atoms with E-state index in [1.165, 1.54) is 56.3 Å². The van der Waals surface area contributed by atoms with Crippen molar-refractivity contribution in [2.75, 3.05) is 45.3 Å². The Morgan fingerprint density at radius 1 is 0.837 bits per heavy atom. The summed E-state index contributed by atoms with van der Waals surface area (Å²) in [4.78, 5) is 18.0. The van der Waals surface area contributed by atoms with E-state index in [-0.39, 0.29) is 19.7 Å². The average molecular weight is 704 g/mol.